The maximum Gasteiger partial charge on any atom is 0.171 e. The molecule has 16 heavy (non-hydrogen) atoms. The van der Waals surface area contributed by atoms with Gasteiger partial charge in [-0.1, -0.05) is 18.2 Å². The molecule has 0 spiro atoms. The Bertz CT molecular complexity index is 350. The zero-order valence-electron chi connectivity index (χ0n) is 9.39. The Kier molecular flexibility index (Phi) is 4.02. The van der Waals surface area contributed by atoms with Crippen LogP contribution in [0.15, 0.2) is 35.2 Å². The lowest BCUT2D eigenvalue weighted by Gasteiger charge is -2.09. The van der Waals surface area contributed by atoms with Crippen molar-refractivity contribution in [3.8, 4) is 0 Å². The van der Waals surface area contributed by atoms with E-state index in [9.17, 15) is 4.79 Å². The maximum atomic E-state index is 11.8. The Morgan fingerprint density at radius 3 is 2.75 bits per heavy atom. The molecule has 2 rings (SSSR count). The lowest BCUT2D eigenvalue weighted by molar-refractivity contribution is -0.126. The van der Waals surface area contributed by atoms with Crippen LogP contribution in [0.3, 0.4) is 0 Å². The number of hydrogen-bond donors (Lipinski definition) is 0. The maximum absolute atomic E-state index is 11.8. The number of carbonyl (C=O) groups excluding carboxylic acids is 1. The first-order chi connectivity index (χ1) is 7.75. The van der Waals surface area contributed by atoms with E-state index in [0.717, 1.165) is 17.7 Å². The van der Waals surface area contributed by atoms with E-state index in [1.807, 2.05) is 37.3 Å². The smallest absolute Gasteiger partial charge is 0.171 e. The van der Waals surface area contributed by atoms with E-state index in [1.54, 1.807) is 11.8 Å². The van der Waals surface area contributed by atoms with Crippen LogP contribution in [0.25, 0.3) is 0 Å². The molecular formula is C13H16O2S. The normalized spacial score (nSPS) is 24.6. The van der Waals surface area contributed by atoms with Crippen LogP contribution in [0.1, 0.15) is 19.8 Å². The first-order valence-electron chi connectivity index (χ1n) is 5.62. The van der Waals surface area contributed by atoms with Gasteiger partial charge >= 0.3 is 0 Å². The van der Waals surface area contributed by atoms with Crippen molar-refractivity contribution in [2.45, 2.75) is 36.9 Å². The molecule has 1 aromatic rings. The summed E-state index contributed by atoms with van der Waals surface area (Å²) in [4.78, 5) is 13.0. The molecule has 0 aromatic heterocycles. The topological polar surface area (TPSA) is 26.3 Å². The fourth-order valence-electron chi connectivity index (χ4n) is 1.80. The average Bonchev–Trinajstić information content (AvgIpc) is 2.74. The summed E-state index contributed by atoms with van der Waals surface area (Å²) in [7, 11) is 0. The van der Waals surface area contributed by atoms with Crippen molar-refractivity contribution in [3.63, 3.8) is 0 Å². The van der Waals surface area contributed by atoms with Crippen LogP contribution in [0.2, 0.25) is 0 Å². The summed E-state index contributed by atoms with van der Waals surface area (Å²) in [5.41, 5.74) is 0. The van der Waals surface area contributed by atoms with E-state index in [-0.39, 0.29) is 18.0 Å². The van der Waals surface area contributed by atoms with Gasteiger partial charge in [0.25, 0.3) is 0 Å². The largest absolute Gasteiger partial charge is 0.367 e. The molecule has 0 aliphatic carbocycles. The second kappa shape index (κ2) is 5.51. The summed E-state index contributed by atoms with van der Waals surface area (Å²) in [5, 5.41) is 0. The number of thioether (sulfide) groups is 1. The first kappa shape index (κ1) is 11.7. The highest BCUT2D eigenvalue weighted by Crippen LogP contribution is 2.23. The molecule has 1 aliphatic rings. The van der Waals surface area contributed by atoms with E-state index >= 15 is 0 Å². The molecule has 1 aromatic carbocycles. The molecule has 1 aliphatic heterocycles. The molecule has 1 heterocycles. The van der Waals surface area contributed by atoms with Gasteiger partial charge < -0.3 is 4.74 Å². The highest BCUT2D eigenvalue weighted by molar-refractivity contribution is 8.00. The minimum Gasteiger partial charge on any atom is -0.367 e. The molecule has 2 nitrogen and oxygen atoms in total. The standard InChI is InChI=1S/C13H16O2S/c1-10-7-8-13(15-10)12(14)9-16-11-5-3-2-4-6-11/h2-6,10,13H,7-9H2,1H3. The van der Waals surface area contributed by atoms with Crippen molar-refractivity contribution in [1.82, 2.24) is 0 Å². The van der Waals surface area contributed by atoms with E-state index < -0.39 is 0 Å². The molecule has 0 amide bonds. The molecule has 2 atom stereocenters. The van der Waals surface area contributed by atoms with Gasteiger partial charge in [-0.3, -0.25) is 4.79 Å². The molecule has 0 saturated carbocycles. The average molecular weight is 236 g/mol. The van der Waals surface area contributed by atoms with Crippen LogP contribution in [0.5, 0.6) is 0 Å². The van der Waals surface area contributed by atoms with E-state index in [1.165, 1.54) is 0 Å². The van der Waals surface area contributed by atoms with Crippen molar-refractivity contribution >= 4 is 17.5 Å². The third-order valence-electron chi connectivity index (χ3n) is 2.72. The second-order valence-corrected chi connectivity index (χ2v) is 5.13. The summed E-state index contributed by atoms with van der Waals surface area (Å²) >= 11 is 1.59. The van der Waals surface area contributed by atoms with Crippen LogP contribution in [0.4, 0.5) is 0 Å². The Hall–Kier alpha value is -0.800. The van der Waals surface area contributed by atoms with Crippen LogP contribution in [-0.4, -0.2) is 23.7 Å². The zero-order chi connectivity index (χ0) is 11.4. The predicted octanol–water partition coefficient (Wildman–Crippen LogP) is 2.92. The predicted molar refractivity (Wildman–Crippen MR) is 65.7 cm³/mol. The van der Waals surface area contributed by atoms with Crippen molar-refractivity contribution in [2.24, 2.45) is 0 Å². The van der Waals surface area contributed by atoms with Crippen LogP contribution in [-0.2, 0) is 9.53 Å². The summed E-state index contributed by atoms with van der Waals surface area (Å²) in [6, 6.07) is 10.0. The number of carbonyl (C=O) groups is 1. The Morgan fingerprint density at radius 2 is 2.12 bits per heavy atom. The highest BCUT2D eigenvalue weighted by Gasteiger charge is 2.27. The van der Waals surface area contributed by atoms with Crippen LogP contribution >= 0.6 is 11.8 Å². The zero-order valence-corrected chi connectivity index (χ0v) is 10.2. The van der Waals surface area contributed by atoms with Gasteiger partial charge in [-0.2, -0.15) is 0 Å². The van der Waals surface area contributed by atoms with Crippen LogP contribution in [0, 0.1) is 0 Å². The number of ketones is 1. The fourth-order valence-corrected chi connectivity index (χ4v) is 2.65. The SMILES string of the molecule is CC1CCC(C(=O)CSc2ccccc2)O1. The lowest BCUT2D eigenvalue weighted by Crippen LogP contribution is -2.22. The van der Waals surface area contributed by atoms with Gasteiger partial charge in [-0.15, -0.1) is 11.8 Å². The van der Waals surface area contributed by atoms with Gasteiger partial charge in [0, 0.05) is 4.90 Å². The Labute approximate surface area is 100 Å². The van der Waals surface area contributed by atoms with Gasteiger partial charge in [0.15, 0.2) is 5.78 Å². The molecular weight excluding hydrogens is 220 g/mol. The quantitative estimate of drug-likeness (QED) is 0.752. The lowest BCUT2D eigenvalue weighted by atomic mass is 10.1. The third-order valence-corrected chi connectivity index (χ3v) is 3.75. The Morgan fingerprint density at radius 1 is 1.38 bits per heavy atom. The molecule has 3 heteroatoms. The molecule has 0 bridgehead atoms. The van der Waals surface area contributed by atoms with Gasteiger partial charge in [0.05, 0.1) is 11.9 Å². The Balaban J connectivity index is 1.80. The summed E-state index contributed by atoms with van der Waals surface area (Å²) in [5.74, 6) is 0.736. The number of ether oxygens (including phenoxy) is 1. The molecule has 1 saturated heterocycles. The minimum absolute atomic E-state index is 0.161. The second-order valence-electron chi connectivity index (χ2n) is 4.08. The van der Waals surface area contributed by atoms with E-state index in [4.69, 9.17) is 4.74 Å². The van der Waals surface area contributed by atoms with Gasteiger partial charge in [-0.25, -0.2) is 0 Å². The van der Waals surface area contributed by atoms with Gasteiger partial charge in [0.2, 0.25) is 0 Å². The summed E-state index contributed by atoms with van der Waals surface area (Å²) in [6.07, 6.45) is 1.98. The van der Waals surface area contributed by atoms with Crippen molar-refractivity contribution in [2.75, 3.05) is 5.75 Å². The molecule has 86 valence electrons. The molecule has 2 unspecified atom stereocenters. The summed E-state index contributed by atoms with van der Waals surface area (Å²) < 4.78 is 5.55. The van der Waals surface area contributed by atoms with E-state index in [2.05, 4.69) is 0 Å². The van der Waals surface area contributed by atoms with Crippen molar-refractivity contribution < 1.29 is 9.53 Å². The van der Waals surface area contributed by atoms with E-state index in [0.29, 0.717) is 5.75 Å². The number of benzene rings is 1. The van der Waals surface area contributed by atoms with Crippen LogP contribution < -0.4 is 0 Å². The third kappa shape index (κ3) is 3.09. The van der Waals surface area contributed by atoms with Crippen molar-refractivity contribution in [3.05, 3.63) is 30.3 Å². The molecule has 0 N–H and O–H groups in total. The summed E-state index contributed by atoms with van der Waals surface area (Å²) in [6.45, 7) is 2.03. The molecule has 1 fully saturated rings. The minimum atomic E-state index is -0.161. The number of rotatable bonds is 4. The van der Waals surface area contributed by atoms with Crippen molar-refractivity contribution in [1.29, 1.82) is 0 Å². The fraction of sp³-hybridized carbons (Fsp3) is 0.462. The highest BCUT2D eigenvalue weighted by atomic mass is 32.2. The van der Waals surface area contributed by atoms with Gasteiger partial charge in [-0.05, 0) is 31.9 Å². The first-order valence-corrected chi connectivity index (χ1v) is 6.60. The molecule has 0 radical (unpaired) electrons. The number of Topliss-reactive ketones (excluding diaryl/α,β-unsaturated/α-hetero) is 1. The monoisotopic (exact) mass is 236 g/mol. The van der Waals surface area contributed by atoms with Gasteiger partial charge in [0.1, 0.15) is 6.10 Å². The number of hydrogen-bond acceptors (Lipinski definition) is 3.